The van der Waals surface area contributed by atoms with Gasteiger partial charge in [0.1, 0.15) is 0 Å². The molecular formula is C19H14N4O. The summed E-state index contributed by atoms with van der Waals surface area (Å²) in [5.41, 5.74) is 7.64. The number of benzene rings is 2. The molecule has 1 amide bonds. The van der Waals surface area contributed by atoms with Crippen molar-refractivity contribution in [2.45, 2.75) is 5.54 Å². The van der Waals surface area contributed by atoms with E-state index in [0.29, 0.717) is 11.4 Å². The van der Waals surface area contributed by atoms with Gasteiger partial charge in [0.15, 0.2) is 11.4 Å². The van der Waals surface area contributed by atoms with Crippen molar-refractivity contribution in [2.75, 3.05) is 0 Å². The summed E-state index contributed by atoms with van der Waals surface area (Å²) < 4.78 is 0. The number of pyridine rings is 1. The zero-order valence-corrected chi connectivity index (χ0v) is 12.8. The van der Waals surface area contributed by atoms with Crippen molar-refractivity contribution in [1.29, 1.82) is 0 Å². The zero-order valence-electron chi connectivity index (χ0n) is 12.8. The lowest BCUT2D eigenvalue weighted by Crippen LogP contribution is -2.25. The summed E-state index contributed by atoms with van der Waals surface area (Å²) in [7, 11) is 0. The fourth-order valence-electron chi connectivity index (χ4n) is 3.07. The van der Waals surface area contributed by atoms with Gasteiger partial charge < -0.3 is 5.73 Å². The second-order valence-corrected chi connectivity index (χ2v) is 5.60. The molecule has 1 aliphatic rings. The van der Waals surface area contributed by atoms with Gasteiger partial charge in [0.05, 0.1) is 5.56 Å². The predicted molar refractivity (Wildman–Crippen MR) is 90.0 cm³/mol. The molecule has 3 aromatic rings. The summed E-state index contributed by atoms with van der Waals surface area (Å²) in [5, 5.41) is 8.85. The standard InChI is InChI=1S/C19H14N4O/c20-17(24)13-11-16-18(21-12-13)22-23-19(16,14-7-3-1-4-8-14)15-9-5-2-6-10-15/h1-12H,(H2,20,24). The number of hydrogen-bond acceptors (Lipinski definition) is 4. The normalized spacial score (nSPS) is 14.3. The van der Waals surface area contributed by atoms with Gasteiger partial charge in [-0.2, -0.15) is 5.11 Å². The number of fused-ring (bicyclic) bond motifs is 1. The van der Waals surface area contributed by atoms with Crippen LogP contribution in [0, 0.1) is 0 Å². The third kappa shape index (κ3) is 2.02. The molecule has 0 saturated carbocycles. The third-order valence-corrected chi connectivity index (χ3v) is 4.22. The van der Waals surface area contributed by atoms with Crippen molar-refractivity contribution in [2.24, 2.45) is 16.0 Å². The lowest BCUT2D eigenvalue weighted by atomic mass is 9.78. The first-order chi connectivity index (χ1) is 11.7. The molecule has 0 bridgehead atoms. The zero-order chi connectivity index (χ0) is 16.6. The minimum absolute atomic E-state index is 0.345. The van der Waals surface area contributed by atoms with Gasteiger partial charge >= 0.3 is 0 Å². The van der Waals surface area contributed by atoms with Crippen molar-refractivity contribution >= 4 is 11.7 Å². The van der Waals surface area contributed by atoms with Gasteiger partial charge in [-0.25, -0.2) is 4.98 Å². The van der Waals surface area contributed by atoms with Gasteiger partial charge in [-0.1, -0.05) is 60.7 Å². The van der Waals surface area contributed by atoms with Crippen LogP contribution in [0.1, 0.15) is 27.0 Å². The van der Waals surface area contributed by atoms with Crippen LogP contribution in [0.25, 0.3) is 0 Å². The van der Waals surface area contributed by atoms with E-state index in [2.05, 4.69) is 15.2 Å². The van der Waals surface area contributed by atoms with E-state index >= 15 is 0 Å². The Morgan fingerprint density at radius 3 is 2.04 bits per heavy atom. The summed E-state index contributed by atoms with van der Waals surface area (Å²) in [6, 6.07) is 21.5. The maximum atomic E-state index is 11.6. The molecule has 0 spiro atoms. The number of aromatic nitrogens is 1. The average Bonchev–Trinajstić information content (AvgIpc) is 3.03. The SMILES string of the molecule is NC(=O)c1cnc2c(c1)C(c1ccccc1)(c1ccccc1)N=N2. The number of amides is 1. The second-order valence-electron chi connectivity index (χ2n) is 5.60. The Labute approximate surface area is 138 Å². The molecule has 0 aliphatic carbocycles. The molecule has 1 aliphatic heterocycles. The number of hydrogen-bond donors (Lipinski definition) is 1. The van der Waals surface area contributed by atoms with Crippen molar-refractivity contribution < 1.29 is 4.79 Å². The van der Waals surface area contributed by atoms with Crippen LogP contribution < -0.4 is 5.73 Å². The number of carbonyl (C=O) groups excluding carboxylic acids is 1. The lowest BCUT2D eigenvalue weighted by Gasteiger charge is -2.27. The molecule has 2 N–H and O–H groups in total. The quantitative estimate of drug-likeness (QED) is 0.802. The molecule has 5 heteroatoms. The van der Waals surface area contributed by atoms with E-state index in [1.54, 1.807) is 6.07 Å². The smallest absolute Gasteiger partial charge is 0.250 e. The molecule has 0 fully saturated rings. The Morgan fingerprint density at radius 1 is 0.917 bits per heavy atom. The first-order valence-electron chi connectivity index (χ1n) is 7.56. The molecule has 0 radical (unpaired) electrons. The van der Waals surface area contributed by atoms with E-state index in [9.17, 15) is 4.79 Å². The molecule has 0 unspecified atom stereocenters. The summed E-state index contributed by atoms with van der Waals surface area (Å²) in [6.45, 7) is 0. The summed E-state index contributed by atoms with van der Waals surface area (Å²) in [4.78, 5) is 15.9. The van der Waals surface area contributed by atoms with Crippen LogP contribution in [-0.4, -0.2) is 10.9 Å². The van der Waals surface area contributed by atoms with E-state index < -0.39 is 11.4 Å². The number of carbonyl (C=O) groups is 1. The average molecular weight is 314 g/mol. The van der Waals surface area contributed by atoms with Gasteiger partial charge in [0.2, 0.25) is 5.91 Å². The van der Waals surface area contributed by atoms with Gasteiger partial charge in [-0.05, 0) is 17.2 Å². The summed E-state index contributed by atoms with van der Waals surface area (Å²) >= 11 is 0. The Morgan fingerprint density at radius 2 is 1.50 bits per heavy atom. The fourth-order valence-corrected chi connectivity index (χ4v) is 3.07. The number of nitrogens with zero attached hydrogens (tertiary/aromatic N) is 3. The monoisotopic (exact) mass is 314 g/mol. The largest absolute Gasteiger partial charge is 0.366 e. The Bertz CT molecular complexity index is 897. The first-order valence-corrected chi connectivity index (χ1v) is 7.56. The van der Waals surface area contributed by atoms with Crippen LogP contribution in [0.5, 0.6) is 0 Å². The van der Waals surface area contributed by atoms with Crippen LogP contribution in [0.15, 0.2) is 83.2 Å². The van der Waals surface area contributed by atoms with E-state index in [4.69, 9.17) is 5.73 Å². The Hall–Kier alpha value is -3.34. The van der Waals surface area contributed by atoms with Crippen molar-refractivity contribution in [3.63, 3.8) is 0 Å². The molecule has 2 aromatic carbocycles. The maximum absolute atomic E-state index is 11.6. The predicted octanol–water partition coefficient (Wildman–Crippen LogP) is 3.57. The first kappa shape index (κ1) is 14.3. The Kier molecular flexibility index (Phi) is 3.20. The molecule has 4 rings (SSSR count). The number of nitrogens with two attached hydrogens (primary N) is 1. The molecule has 116 valence electrons. The molecule has 0 atom stereocenters. The molecule has 0 saturated heterocycles. The highest BCUT2D eigenvalue weighted by molar-refractivity contribution is 5.93. The highest BCUT2D eigenvalue weighted by Gasteiger charge is 2.43. The third-order valence-electron chi connectivity index (χ3n) is 4.22. The van der Waals surface area contributed by atoms with Crippen LogP contribution in [-0.2, 0) is 5.54 Å². The van der Waals surface area contributed by atoms with Gasteiger partial charge in [-0.3, -0.25) is 4.79 Å². The molecule has 2 heterocycles. The van der Waals surface area contributed by atoms with E-state index in [-0.39, 0.29) is 0 Å². The fraction of sp³-hybridized carbons (Fsp3) is 0.0526. The van der Waals surface area contributed by atoms with Crippen molar-refractivity contribution in [1.82, 2.24) is 4.98 Å². The van der Waals surface area contributed by atoms with Crippen LogP contribution >= 0.6 is 0 Å². The second kappa shape index (κ2) is 5.38. The van der Waals surface area contributed by atoms with Gasteiger partial charge in [0, 0.05) is 11.8 Å². The minimum atomic E-state index is -0.823. The molecular weight excluding hydrogens is 300 g/mol. The summed E-state index contributed by atoms with van der Waals surface area (Å²) in [6.07, 6.45) is 1.44. The van der Waals surface area contributed by atoms with Crippen molar-refractivity contribution in [3.05, 3.63) is 95.2 Å². The Balaban J connectivity index is 2.04. The van der Waals surface area contributed by atoms with Crippen LogP contribution in [0.2, 0.25) is 0 Å². The topological polar surface area (TPSA) is 80.7 Å². The van der Waals surface area contributed by atoms with Crippen LogP contribution in [0.3, 0.4) is 0 Å². The van der Waals surface area contributed by atoms with E-state index in [1.165, 1.54) is 6.20 Å². The molecule has 1 aromatic heterocycles. The number of primary amides is 1. The molecule has 24 heavy (non-hydrogen) atoms. The van der Waals surface area contributed by atoms with Crippen molar-refractivity contribution in [3.8, 4) is 0 Å². The lowest BCUT2D eigenvalue weighted by molar-refractivity contribution is 0.1000. The number of rotatable bonds is 3. The molecule has 5 nitrogen and oxygen atoms in total. The van der Waals surface area contributed by atoms with Gasteiger partial charge in [-0.15, -0.1) is 5.11 Å². The highest BCUT2D eigenvalue weighted by Crippen LogP contribution is 2.48. The number of azo groups is 1. The van der Waals surface area contributed by atoms with Crippen LogP contribution in [0.4, 0.5) is 5.82 Å². The van der Waals surface area contributed by atoms with Gasteiger partial charge in [0.25, 0.3) is 0 Å². The summed E-state index contributed by atoms with van der Waals surface area (Å²) in [5.74, 6) is -0.0140. The van der Waals surface area contributed by atoms with E-state index in [0.717, 1.165) is 16.7 Å². The minimum Gasteiger partial charge on any atom is -0.366 e. The maximum Gasteiger partial charge on any atom is 0.250 e. The van der Waals surface area contributed by atoms with E-state index in [1.807, 2.05) is 60.7 Å². The highest BCUT2D eigenvalue weighted by atomic mass is 16.1.